The second-order valence-electron chi connectivity index (χ2n) is 5.99. The first-order valence-corrected chi connectivity index (χ1v) is 9.29. The van der Waals surface area contributed by atoms with Crippen molar-refractivity contribution in [2.75, 3.05) is 5.32 Å². The van der Waals surface area contributed by atoms with Crippen molar-refractivity contribution in [3.63, 3.8) is 0 Å². The Balaban J connectivity index is 2.06. The molecule has 1 N–H and O–H groups in total. The number of carbonyl (C=O) groups is 2. The second kappa shape index (κ2) is 8.04. The van der Waals surface area contributed by atoms with Gasteiger partial charge in [0.15, 0.2) is 5.82 Å². The molecule has 0 bridgehead atoms. The smallest absolute Gasteiger partial charge is 0.278 e. The lowest BCUT2D eigenvalue weighted by molar-refractivity contribution is 0.100. The SMILES string of the molecule is C=NC(=O)c1cc(C)cc(C)c1NC(=O)c1cc(Br)nn1-c1ncccc1Cl. The van der Waals surface area contributed by atoms with Gasteiger partial charge in [-0.1, -0.05) is 17.7 Å². The van der Waals surface area contributed by atoms with Crippen LogP contribution in [0.4, 0.5) is 5.69 Å². The lowest BCUT2D eigenvalue weighted by Gasteiger charge is -2.14. The summed E-state index contributed by atoms with van der Waals surface area (Å²) < 4.78 is 1.77. The topological polar surface area (TPSA) is 89.2 Å². The molecule has 7 nitrogen and oxygen atoms in total. The van der Waals surface area contributed by atoms with Gasteiger partial charge in [0.1, 0.15) is 10.3 Å². The number of aryl methyl sites for hydroxylation is 2. The molecule has 3 aromatic rings. The Labute approximate surface area is 174 Å². The van der Waals surface area contributed by atoms with Gasteiger partial charge in [0.05, 0.1) is 16.3 Å². The predicted octanol–water partition coefficient (Wildman–Crippen LogP) is 4.39. The number of aliphatic imine (C=N–C) groups is 1. The van der Waals surface area contributed by atoms with Crippen molar-refractivity contribution >= 4 is 51.8 Å². The molecule has 3 rings (SSSR count). The average molecular weight is 461 g/mol. The minimum Gasteiger partial charge on any atom is -0.320 e. The standard InChI is InChI=1S/C19H15BrClN5O2/c1-10-7-11(2)16(12(8-10)18(27)22-3)24-19(28)14-9-15(20)25-26(14)17-13(21)5-4-6-23-17/h4-9H,3H2,1-2H3,(H,24,28). The van der Waals surface area contributed by atoms with E-state index in [1.807, 2.05) is 13.0 Å². The number of anilines is 1. The summed E-state index contributed by atoms with van der Waals surface area (Å²) in [5, 5.41) is 7.36. The number of aromatic nitrogens is 3. The molecule has 28 heavy (non-hydrogen) atoms. The number of nitrogens with zero attached hydrogens (tertiary/aromatic N) is 4. The number of halogens is 2. The van der Waals surface area contributed by atoms with Crippen LogP contribution in [0.3, 0.4) is 0 Å². The molecule has 142 valence electrons. The molecule has 9 heteroatoms. The molecular weight excluding hydrogens is 446 g/mol. The summed E-state index contributed by atoms with van der Waals surface area (Å²) in [6, 6.07) is 8.38. The molecule has 1 aromatic carbocycles. The molecule has 0 aliphatic rings. The van der Waals surface area contributed by atoms with Crippen LogP contribution in [0.1, 0.15) is 32.0 Å². The van der Waals surface area contributed by atoms with Gasteiger partial charge < -0.3 is 5.32 Å². The summed E-state index contributed by atoms with van der Waals surface area (Å²) in [6.07, 6.45) is 1.55. The van der Waals surface area contributed by atoms with Crippen molar-refractivity contribution in [2.45, 2.75) is 13.8 Å². The first-order chi connectivity index (χ1) is 13.3. The van der Waals surface area contributed by atoms with Crippen LogP contribution in [0, 0.1) is 13.8 Å². The van der Waals surface area contributed by atoms with E-state index in [9.17, 15) is 9.59 Å². The maximum Gasteiger partial charge on any atom is 0.278 e. The third-order valence-corrected chi connectivity index (χ3v) is 4.63. The summed E-state index contributed by atoms with van der Waals surface area (Å²) in [5.41, 5.74) is 2.42. The van der Waals surface area contributed by atoms with E-state index in [2.05, 4.69) is 43.0 Å². The van der Waals surface area contributed by atoms with Crippen LogP contribution in [0.2, 0.25) is 5.02 Å². The fourth-order valence-corrected chi connectivity index (χ4v) is 3.35. The molecule has 2 amide bonds. The summed E-state index contributed by atoms with van der Waals surface area (Å²) in [6.45, 7) is 6.94. The largest absolute Gasteiger partial charge is 0.320 e. The van der Waals surface area contributed by atoms with Gasteiger partial charge in [0, 0.05) is 12.3 Å². The number of carbonyl (C=O) groups excluding carboxylic acids is 2. The highest BCUT2D eigenvalue weighted by atomic mass is 79.9. The number of benzene rings is 1. The van der Waals surface area contributed by atoms with E-state index in [1.165, 1.54) is 10.7 Å². The Morgan fingerprint density at radius 1 is 1.29 bits per heavy atom. The van der Waals surface area contributed by atoms with Crippen molar-refractivity contribution in [3.8, 4) is 5.82 Å². The van der Waals surface area contributed by atoms with Crippen LogP contribution in [-0.4, -0.2) is 33.3 Å². The molecule has 0 aliphatic carbocycles. The van der Waals surface area contributed by atoms with E-state index in [1.54, 1.807) is 31.3 Å². The van der Waals surface area contributed by atoms with Gasteiger partial charge in [-0.2, -0.15) is 5.10 Å². The summed E-state index contributed by atoms with van der Waals surface area (Å²) in [4.78, 5) is 32.8. The van der Waals surface area contributed by atoms with Gasteiger partial charge in [0.2, 0.25) is 0 Å². The molecule has 0 fully saturated rings. The fourth-order valence-electron chi connectivity index (χ4n) is 2.77. The number of nitrogens with one attached hydrogen (secondary N) is 1. The molecule has 0 unspecified atom stereocenters. The maximum atomic E-state index is 13.0. The van der Waals surface area contributed by atoms with Crippen molar-refractivity contribution in [2.24, 2.45) is 4.99 Å². The van der Waals surface area contributed by atoms with Crippen molar-refractivity contribution in [1.82, 2.24) is 14.8 Å². The first kappa shape index (κ1) is 19.9. The Hall–Kier alpha value is -2.84. The van der Waals surface area contributed by atoms with E-state index in [0.717, 1.165) is 11.1 Å². The maximum absolute atomic E-state index is 13.0. The number of rotatable bonds is 4. The van der Waals surface area contributed by atoms with Gasteiger partial charge >= 0.3 is 0 Å². The van der Waals surface area contributed by atoms with E-state index >= 15 is 0 Å². The molecule has 0 saturated heterocycles. The Morgan fingerprint density at radius 3 is 2.71 bits per heavy atom. The second-order valence-corrected chi connectivity index (χ2v) is 7.21. The zero-order valence-corrected chi connectivity index (χ0v) is 17.4. The number of amides is 2. The van der Waals surface area contributed by atoms with E-state index in [0.29, 0.717) is 21.1 Å². The van der Waals surface area contributed by atoms with Crippen LogP contribution in [0.25, 0.3) is 5.82 Å². The van der Waals surface area contributed by atoms with Crippen LogP contribution in [-0.2, 0) is 0 Å². The lowest BCUT2D eigenvalue weighted by Crippen LogP contribution is -2.20. The summed E-state index contributed by atoms with van der Waals surface area (Å²) in [7, 11) is 0. The van der Waals surface area contributed by atoms with Gasteiger partial charge in [-0.25, -0.2) is 14.7 Å². The zero-order chi connectivity index (χ0) is 20.4. The van der Waals surface area contributed by atoms with Crippen LogP contribution < -0.4 is 5.32 Å². The highest BCUT2D eigenvalue weighted by molar-refractivity contribution is 9.10. The fraction of sp³-hybridized carbons (Fsp3) is 0.105. The molecule has 2 aromatic heterocycles. The highest BCUT2D eigenvalue weighted by Crippen LogP contribution is 2.26. The van der Waals surface area contributed by atoms with E-state index < -0.39 is 11.8 Å². The third kappa shape index (κ3) is 3.88. The molecule has 0 atom stereocenters. The molecular formula is C19H15BrClN5O2. The zero-order valence-electron chi connectivity index (χ0n) is 15.0. The van der Waals surface area contributed by atoms with Crippen molar-refractivity contribution in [1.29, 1.82) is 0 Å². The number of hydrogen-bond donors (Lipinski definition) is 1. The molecule has 2 heterocycles. The van der Waals surface area contributed by atoms with E-state index in [-0.39, 0.29) is 11.3 Å². The first-order valence-electron chi connectivity index (χ1n) is 8.12. The number of hydrogen-bond acceptors (Lipinski definition) is 4. The summed E-state index contributed by atoms with van der Waals surface area (Å²) >= 11 is 9.47. The monoisotopic (exact) mass is 459 g/mol. The summed E-state index contributed by atoms with van der Waals surface area (Å²) in [5.74, 6) is -0.695. The van der Waals surface area contributed by atoms with Gasteiger partial charge in [-0.15, -0.1) is 0 Å². The van der Waals surface area contributed by atoms with Gasteiger partial charge in [-0.05, 0) is 65.8 Å². The van der Waals surface area contributed by atoms with Crippen LogP contribution >= 0.6 is 27.5 Å². The molecule has 0 radical (unpaired) electrons. The van der Waals surface area contributed by atoms with Crippen LogP contribution in [0.15, 0.2) is 46.1 Å². The van der Waals surface area contributed by atoms with E-state index in [4.69, 9.17) is 11.6 Å². The van der Waals surface area contributed by atoms with Gasteiger partial charge in [-0.3, -0.25) is 9.59 Å². The van der Waals surface area contributed by atoms with Crippen molar-refractivity contribution < 1.29 is 9.59 Å². The molecule has 0 saturated carbocycles. The minimum atomic E-state index is -0.524. The average Bonchev–Trinajstić information content (AvgIpc) is 3.05. The lowest BCUT2D eigenvalue weighted by atomic mass is 10.0. The Morgan fingerprint density at radius 2 is 2.04 bits per heavy atom. The van der Waals surface area contributed by atoms with Crippen molar-refractivity contribution in [3.05, 3.63) is 68.5 Å². The van der Waals surface area contributed by atoms with Gasteiger partial charge in [0.25, 0.3) is 11.8 Å². The number of pyridine rings is 1. The quantitative estimate of drug-likeness (QED) is 0.585. The Kier molecular flexibility index (Phi) is 5.71. The van der Waals surface area contributed by atoms with Crippen LogP contribution in [0.5, 0.6) is 0 Å². The minimum absolute atomic E-state index is 0.192. The Bertz CT molecular complexity index is 1110. The normalized spacial score (nSPS) is 10.6. The highest BCUT2D eigenvalue weighted by Gasteiger charge is 2.21. The third-order valence-electron chi connectivity index (χ3n) is 3.94. The predicted molar refractivity (Wildman–Crippen MR) is 112 cm³/mol. The molecule has 0 aliphatic heterocycles. The molecule has 0 spiro atoms.